The standard InChI is InChI=1S/C20H21F3N2O2/c21-20(22,23)18-9-5-4-8-17(18)19(26)24-12-16-14-25(10-11-27-16)13-15-6-2-1-3-7-15/h1-9,16H,10-14H2,(H,24,26). The van der Waals surface area contributed by atoms with Crippen molar-refractivity contribution in [2.24, 2.45) is 0 Å². The number of hydrogen-bond donors (Lipinski definition) is 1. The van der Waals surface area contributed by atoms with Crippen LogP contribution in [0, 0.1) is 0 Å². The molecule has 2 aromatic rings. The van der Waals surface area contributed by atoms with Crippen LogP contribution in [0.3, 0.4) is 0 Å². The van der Waals surface area contributed by atoms with E-state index in [1.54, 1.807) is 0 Å². The Morgan fingerprint density at radius 2 is 1.81 bits per heavy atom. The second-order valence-corrected chi connectivity index (χ2v) is 6.47. The van der Waals surface area contributed by atoms with Crippen molar-refractivity contribution in [3.8, 4) is 0 Å². The van der Waals surface area contributed by atoms with Gasteiger partial charge < -0.3 is 10.1 Å². The van der Waals surface area contributed by atoms with E-state index in [0.717, 1.165) is 19.2 Å². The zero-order valence-electron chi connectivity index (χ0n) is 14.7. The van der Waals surface area contributed by atoms with Crippen LogP contribution in [-0.4, -0.2) is 43.2 Å². The number of nitrogens with zero attached hydrogens (tertiary/aromatic N) is 1. The fraction of sp³-hybridized carbons (Fsp3) is 0.350. The van der Waals surface area contributed by atoms with Crippen molar-refractivity contribution in [3.63, 3.8) is 0 Å². The van der Waals surface area contributed by atoms with E-state index in [1.165, 1.54) is 23.8 Å². The second-order valence-electron chi connectivity index (χ2n) is 6.47. The molecule has 0 bridgehead atoms. The van der Waals surface area contributed by atoms with Gasteiger partial charge in [0.25, 0.3) is 5.91 Å². The van der Waals surface area contributed by atoms with Crippen molar-refractivity contribution in [2.75, 3.05) is 26.2 Å². The van der Waals surface area contributed by atoms with Gasteiger partial charge >= 0.3 is 6.18 Å². The Morgan fingerprint density at radius 1 is 1.11 bits per heavy atom. The highest BCUT2D eigenvalue weighted by atomic mass is 19.4. The Balaban J connectivity index is 1.56. The van der Waals surface area contributed by atoms with Crippen molar-refractivity contribution in [1.82, 2.24) is 10.2 Å². The average molecular weight is 378 g/mol. The third-order valence-corrected chi connectivity index (χ3v) is 4.44. The monoisotopic (exact) mass is 378 g/mol. The molecule has 144 valence electrons. The summed E-state index contributed by atoms with van der Waals surface area (Å²) in [5.74, 6) is -0.744. The molecule has 0 radical (unpaired) electrons. The lowest BCUT2D eigenvalue weighted by molar-refractivity contribution is -0.137. The summed E-state index contributed by atoms with van der Waals surface area (Å²) in [5, 5.41) is 2.57. The molecule has 1 amide bonds. The maximum Gasteiger partial charge on any atom is 0.417 e. The number of hydrogen-bond acceptors (Lipinski definition) is 3. The number of benzene rings is 2. The van der Waals surface area contributed by atoms with Gasteiger partial charge in [0.1, 0.15) is 0 Å². The molecule has 2 aromatic carbocycles. The normalized spacial score (nSPS) is 18.3. The molecule has 1 N–H and O–H groups in total. The highest BCUT2D eigenvalue weighted by molar-refractivity contribution is 5.95. The molecular weight excluding hydrogens is 357 g/mol. The fourth-order valence-corrected chi connectivity index (χ4v) is 3.12. The smallest absolute Gasteiger partial charge is 0.374 e. The number of alkyl halides is 3. The number of carbonyl (C=O) groups is 1. The molecule has 1 aliphatic heterocycles. The first kappa shape index (κ1) is 19.4. The van der Waals surface area contributed by atoms with Crippen LogP contribution in [0.1, 0.15) is 21.5 Å². The van der Waals surface area contributed by atoms with Crippen molar-refractivity contribution in [1.29, 1.82) is 0 Å². The minimum absolute atomic E-state index is 0.163. The lowest BCUT2D eigenvalue weighted by Crippen LogP contribution is -2.47. The van der Waals surface area contributed by atoms with Gasteiger partial charge in [-0.15, -0.1) is 0 Å². The molecule has 1 heterocycles. The molecular formula is C20H21F3N2O2. The summed E-state index contributed by atoms with van der Waals surface area (Å²) in [7, 11) is 0. The van der Waals surface area contributed by atoms with Crippen LogP contribution in [0.15, 0.2) is 54.6 Å². The lowest BCUT2D eigenvalue weighted by atomic mass is 10.1. The van der Waals surface area contributed by atoms with E-state index < -0.39 is 17.6 Å². The van der Waals surface area contributed by atoms with Gasteiger partial charge in [0.05, 0.1) is 23.8 Å². The predicted octanol–water partition coefficient (Wildman–Crippen LogP) is 3.34. The van der Waals surface area contributed by atoms with Crippen LogP contribution >= 0.6 is 0 Å². The van der Waals surface area contributed by atoms with Gasteiger partial charge in [-0.3, -0.25) is 9.69 Å². The van der Waals surface area contributed by atoms with E-state index in [4.69, 9.17) is 4.74 Å². The summed E-state index contributed by atoms with van der Waals surface area (Å²) < 4.78 is 44.8. The third-order valence-electron chi connectivity index (χ3n) is 4.44. The largest absolute Gasteiger partial charge is 0.417 e. The SMILES string of the molecule is O=C(NCC1CN(Cc2ccccc2)CCO1)c1ccccc1C(F)(F)F. The molecule has 0 aromatic heterocycles. The van der Waals surface area contributed by atoms with Crippen molar-refractivity contribution in [3.05, 3.63) is 71.3 Å². The molecule has 1 fully saturated rings. The average Bonchev–Trinajstić information content (AvgIpc) is 2.66. The summed E-state index contributed by atoms with van der Waals surface area (Å²) in [6.45, 7) is 2.83. The van der Waals surface area contributed by atoms with Crippen LogP contribution < -0.4 is 5.32 Å². The predicted molar refractivity (Wildman–Crippen MR) is 95.2 cm³/mol. The van der Waals surface area contributed by atoms with Gasteiger partial charge in [0, 0.05) is 26.2 Å². The van der Waals surface area contributed by atoms with Crippen LogP contribution in [0.2, 0.25) is 0 Å². The van der Waals surface area contributed by atoms with Crippen LogP contribution in [0.5, 0.6) is 0 Å². The van der Waals surface area contributed by atoms with E-state index in [1.807, 2.05) is 30.3 Å². The number of carbonyl (C=O) groups excluding carboxylic acids is 1. The molecule has 0 aliphatic carbocycles. The number of morpholine rings is 1. The molecule has 3 rings (SSSR count). The second kappa shape index (κ2) is 8.54. The topological polar surface area (TPSA) is 41.6 Å². The Morgan fingerprint density at radius 3 is 2.56 bits per heavy atom. The first-order valence-corrected chi connectivity index (χ1v) is 8.76. The summed E-state index contributed by atoms with van der Waals surface area (Å²) in [6.07, 6.45) is -4.83. The molecule has 1 unspecified atom stereocenters. The molecule has 27 heavy (non-hydrogen) atoms. The summed E-state index contributed by atoms with van der Waals surface area (Å²) in [4.78, 5) is 14.5. The van der Waals surface area contributed by atoms with Gasteiger partial charge in [0.2, 0.25) is 0 Å². The van der Waals surface area contributed by atoms with Crippen LogP contribution in [0.25, 0.3) is 0 Å². The van der Waals surface area contributed by atoms with Crippen LogP contribution in [0.4, 0.5) is 13.2 Å². The first-order chi connectivity index (χ1) is 12.9. The Kier molecular flexibility index (Phi) is 6.13. The quantitative estimate of drug-likeness (QED) is 0.868. The zero-order valence-corrected chi connectivity index (χ0v) is 14.7. The van der Waals surface area contributed by atoms with Gasteiger partial charge in [0.15, 0.2) is 0 Å². The Bertz CT molecular complexity index is 765. The van der Waals surface area contributed by atoms with Gasteiger partial charge in [-0.1, -0.05) is 42.5 Å². The van der Waals surface area contributed by atoms with E-state index in [9.17, 15) is 18.0 Å². The number of rotatable bonds is 5. The lowest BCUT2D eigenvalue weighted by Gasteiger charge is -2.33. The van der Waals surface area contributed by atoms with Crippen molar-refractivity contribution in [2.45, 2.75) is 18.8 Å². The van der Waals surface area contributed by atoms with Crippen molar-refractivity contribution < 1.29 is 22.7 Å². The number of nitrogens with one attached hydrogen (secondary N) is 1. The van der Waals surface area contributed by atoms with E-state index in [2.05, 4.69) is 10.2 Å². The van der Waals surface area contributed by atoms with E-state index in [-0.39, 0.29) is 18.2 Å². The summed E-state index contributed by atoms with van der Waals surface area (Å²) in [6, 6.07) is 14.8. The highest BCUT2D eigenvalue weighted by Gasteiger charge is 2.35. The Labute approximate surface area is 155 Å². The molecule has 7 heteroatoms. The Hall–Kier alpha value is -2.38. The summed E-state index contributed by atoms with van der Waals surface area (Å²) >= 11 is 0. The maximum atomic E-state index is 13.1. The third kappa shape index (κ3) is 5.30. The molecule has 0 spiro atoms. The number of amides is 1. The molecule has 1 saturated heterocycles. The number of halogens is 3. The molecule has 1 atom stereocenters. The van der Waals surface area contributed by atoms with Crippen LogP contribution in [-0.2, 0) is 17.5 Å². The molecule has 4 nitrogen and oxygen atoms in total. The minimum atomic E-state index is -4.57. The maximum absolute atomic E-state index is 13.1. The van der Waals surface area contributed by atoms with Crippen molar-refractivity contribution >= 4 is 5.91 Å². The zero-order chi connectivity index (χ0) is 19.3. The minimum Gasteiger partial charge on any atom is -0.374 e. The molecule has 0 saturated carbocycles. The first-order valence-electron chi connectivity index (χ1n) is 8.76. The van der Waals surface area contributed by atoms with E-state index in [0.29, 0.717) is 13.2 Å². The van der Waals surface area contributed by atoms with Gasteiger partial charge in [-0.05, 0) is 17.7 Å². The van der Waals surface area contributed by atoms with Gasteiger partial charge in [-0.2, -0.15) is 13.2 Å². The van der Waals surface area contributed by atoms with E-state index >= 15 is 0 Å². The molecule has 1 aliphatic rings. The fourth-order valence-electron chi connectivity index (χ4n) is 3.12. The number of ether oxygens (including phenoxy) is 1. The highest BCUT2D eigenvalue weighted by Crippen LogP contribution is 2.31. The van der Waals surface area contributed by atoms with Gasteiger partial charge in [-0.25, -0.2) is 0 Å². The summed E-state index contributed by atoms with van der Waals surface area (Å²) in [5.41, 5.74) is -0.124.